The van der Waals surface area contributed by atoms with Crippen molar-refractivity contribution in [3.8, 4) is 22.4 Å². The van der Waals surface area contributed by atoms with Gasteiger partial charge in [0.25, 0.3) is 0 Å². The summed E-state index contributed by atoms with van der Waals surface area (Å²) >= 11 is 0. The lowest BCUT2D eigenvalue weighted by Crippen LogP contribution is -2.34. The molecule has 4 heterocycles. The monoisotopic (exact) mass is 690 g/mol. The molecule has 4 aromatic heterocycles. The molecule has 262 valence electrons. The topological polar surface area (TPSA) is 21.2 Å². The van der Waals surface area contributed by atoms with E-state index < -0.39 is 0 Å². The summed E-state index contributed by atoms with van der Waals surface area (Å²) in [6.45, 7) is 15.9. The maximum atomic E-state index is 5.39. The highest BCUT2D eigenvalue weighted by Gasteiger charge is 2.25. The summed E-state index contributed by atoms with van der Waals surface area (Å²) in [4.78, 5) is 5.39. The molecule has 0 aliphatic rings. The third kappa shape index (κ3) is 6.04. The van der Waals surface area contributed by atoms with Crippen LogP contribution >= 0.6 is 0 Å². The molecule has 0 aliphatic carbocycles. The van der Waals surface area contributed by atoms with Crippen LogP contribution in [0.3, 0.4) is 0 Å². The van der Waals surface area contributed by atoms with Gasteiger partial charge in [-0.25, -0.2) is 4.98 Å². The van der Waals surface area contributed by atoms with Crippen LogP contribution in [0.1, 0.15) is 69.7 Å². The standard InChI is InChI=1S/C50H48N3/c1-7-9-21-39(33(3)8-2)41-23-14-13-22-40(41)34(4)27-28-35(5)52-29-18-17-25-47(52)43-32-46-45-31-38(37-19-11-10-12-20-37)30-44-42-24-15-16-26-48(42)53(49(44)45)50(46)51-36(43)6/h7,9-26,29-34H,5,8,27-28H2,1-4,6H3/q+1/b9-7-,39-21+. The van der Waals surface area contributed by atoms with Crippen LogP contribution in [0.15, 0.2) is 146 Å². The molecular weight excluding hydrogens is 643 g/mol. The number of hydrogen-bond donors (Lipinski definition) is 0. The fourth-order valence-electron chi connectivity index (χ4n) is 8.27. The van der Waals surface area contributed by atoms with E-state index in [1.807, 2.05) is 0 Å². The highest BCUT2D eigenvalue weighted by molar-refractivity contribution is 6.24. The van der Waals surface area contributed by atoms with Crippen LogP contribution in [-0.4, -0.2) is 9.38 Å². The second-order valence-electron chi connectivity index (χ2n) is 14.6. The molecule has 0 amide bonds. The van der Waals surface area contributed by atoms with Crippen molar-refractivity contribution < 1.29 is 4.57 Å². The summed E-state index contributed by atoms with van der Waals surface area (Å²) in [5.41, 5.74) is 14.4. The molecule has 0 aliphatic heterocycles. The molecule has 2 atom stereocenters. The van der Waals surface area contributed by atoms with Gasteiger partial charge in [-0.2, -0.15) is 4.57 Å². The minimum Gasteiger partial charge on any atom is -0.293 e. The maximum Gasteiger partial charge on any atom is 0.219 e. The summed E-state index contributed by atoms with van der Waals surface area (Å²) in [5.74, 6) is 0.863. The molecule has 0 saturated heterocycles. The number of nitrogens with zero attached hydrogens (tertiary/aromatic N) is 3. The number of hydrogen-bond acceptors (Lipinski definition) is 1. The fraction of sp³-hybridized carbons (Fsp3) is 0.200. The van der Waals surface area contributed by atoms with Crippen molar-refractivity contribution in [2.24, 2.45) is 5.92 Å². The minimum atomic E-state index is 0.376. The highest BCUT2D eigenvalue weighted by Crippen LogP contribution is 2.42. The van der Waals surface area contributed by atoms with E-state index in [0.29, 0.717) is 11.8 Å². The second kappa shape index (κ2) is 14.3. The minimum absolute atomic E-state index is 0.376. The lowest BCUT2D eigenvalue weighted by Gasteiger charge is -2.21. The van der Waals surface area contributed by atoms with Gasteiger partial charge in [0.05, 0.1) is 22.3 Å². The highest BCUT2D eigenvalue weighted by atomic mass is 15.0. The van der Waals surface area contributed by atoms with Crippen molar-refractivity contribution in [1.82, 2.24) is 9.38 Å². The van der Waals surface area contributed by atoms with Gasteiger partial charge in [-0.05, 0) is 103 Å². The molecule has 0 saturated carbocycles. The first-order valence-corrected chi connectivity index (χ1v) is 19.2. The Labute approximate surface area is 313 Å². The number of allylic oxidation sites excluding steroid dienone is 5. The van der Waals surface area contributed by atoms with Gasteiger partial charge in [0.1, 0.15) is 5.65 Å². The van der Waals surface area contributed by atoms with Crippen LogP contribution in [0, 0.1) is 12.8 Å². The largest absolute Gasteiger partial charge is 0.293 e. The summed E-state index contributed by atoms with van der Waals surface area (Å²) in [6.07, 6.45) is 11.8. The van der Waals surface area contributed by atoms with E-state index in [4.69, 9.17) is 4.98 Å². The Hall–Kier alpha value is -5.80. The molecular formula is C50H48N3+. The molecule has 3 nitrogen and oxygen atoms in total. The van der Waals surface area contributed by atoms with Crippen molar-refractivity contribution in [3.63, 3.8) is 0 Å². The van der Waals surface area contributed by atoms with Gasteiger partial charge in [-0.1, -0.05) is 112 Å². The van der Waals surface area contributed by atoms with E-state index in [0.717, 1.165) is 47.6 Å². The van der Waals surface area contributed by atoms with Crippen molar-refractivity contribution in [2.75, 3.05) is 0 Å². The maximum absolute atomic E-state index is 5.39. The molecule has 0 bridgehead atoms. The molecule has 53 heavy (non-hydrogen) atoms. The average molecular weight is 691 g/mol. The Morgan fingerprint density at radius 2 is 1.53 bits per heavy atom. The van der Waals surface area contributed by atoms with Gasteiger partial charge in [-0.3, -0.25) is 4.40 Å². The molecule has 0 N–H and O–H groups in total. The molecule has 3 heteroatoms. The van der Waals surface area contributed by atoms with E-state index in [2.05, 4.69) is 190 Å². The van der Waals surface area contributed by atoms with Crippen molar-refractivity contribution in [3.05, 3.63) is 163 Å². The van der Waals surface area contributed by atoms with E-state index in [9.17, 15) is 0 Å². The van der Waals surface area contributed by atoms with Crippen LogP contribution < -0.4 is 4.57 Å². The SMILES string of the molecule is C=C(CCC(C)c1ccccc1/C(=C/C=C\C)C(C)CC)[n+]1ccccc1-c1cc2c3cc(-c4ccccc4)cc4c5ccccc5n(c2nc1C)c43. The van der Waals surface area contributed by atoms with Crippen molar-refractivity contribution in [1.29, 1.82) is 0 Å². The lowest BCUT2D eigenvalue weighted by molar-refractivity contribution is -0.571. The molecule has 0 fully saturated rings. The normalized spacial score (nSPS) is 13.6. The van der Waals surface area contributed by atoms with E-state index >= 15 is 0 Å². The fourth-order valence-corrected chi connectivity index (χ4v) is 8.27. The smallest absolute Gasteiger partial charge is 0.219 e. The van der Waals surface area contributed by atoms with Crippen LogP contribution in [0.25, 0.3) is 71.9 Å². The Morgan fingerprint density at radius 3 is 2.32 bits per heavy atom. The first-order chi connectivity index (χ1) is 25.9. The summed E-state index contributed by atoms with van der Waals surface area (Å²) in [5, 5.41) is 4.93. The predicted octanol–water partition coefficient (Wildman–Crippen LogP) is 13.2. The molecule has 4 aromatic carbocycles. The summed E-state index contributed by atoms with van der Waals surface area (Å²) in [7, 11) is 0. The zero-order valence-corrected chi connectivity index (χ0v) is 31.6. The van der Waals surface area contributed by atoms with Gasteiger partial charge in [0.15, 0.2) is 11.9 Å². The lowest BCUT2D eigenvalue weighted by atomic mass is 9.83. The molecule has 8 rings (SSSR count). The van der Waals surface area contributed by atoms with Crippen LogP contribution in [-0.2, 0) is 0 Å². The van der Waals surface area contributed by atoms with E-state index in [1.54, 1.807) is 0 Å². The number of fused-ring (bicyclic) bond motifs is 6. The Morgan fingerprint density at radius 1 is 0.811 bits per heavy atom. The molecule has 8 aromatic rings. The predicted molar refractivity (Wildman–Crippen MR) is 226 cm³/mol. The van der Waals surface area contributed by atoms with E-state index in [-0.39, 0.29) is 0 Å². The van der Waals surface area contributed by atoms with Gasteiger partial charge < -0.3 is 0 Å². The second-order valence-corrected chi connectivity index (χ2v) is 14.6. The van der Waals surface area contributed by atoms with E-state index in [1.165, 1.54) is 60.4 Å². The number of aromatic nitrogens is 3. The summed E-state index contributed by atoms with van der Waals surface area (Å²) < 4.78 is 4.66. The first kappa shape index (κ1) is 34.3. The van der Waals surface area contributed by atoms with Crippen molar-refractivity contribution >= 4 is 49.5 Å². The van der Waals surface area contributed by atoms with Crippen LogP contribution in [0.4, 0.5) is 0 Å². The molecule has 0 radical (unpaired) electrons. The number of benzene rings is 4. The number of pyridine rings is 2. The number of rotatable bonds is 11. The van der Waals surface area contributed by atoms with Gasteiger partial charge in [0, 0.05) is 40.1 Å². The number of para-hydroxylation sites is 1. The first-order valence-electron chi connectivity index (χ1n) is 19.2. The van der Waals surface area contributed by atoms with Crippen LogP contribution in [0.5, 0.6) is 0 Å². The van der Waals surface area contributed by atoms with Crippen LogP contribution in [0.2, 0.25) is 0 Å². The van der Waals surface area contributed by atoms with Gasteiger partial charge in [0.2, 0.25) is 5.69 Å². The number of aryl methyl sites for hydroxylation is 1. The third-order valence-electron chi connectivity index (χ3n) is 11.3. The summed E-state index contributed by atoms with van der Waals surface area (Å²) in [6, 6.07) is 42.0. The van der Waals surface area contributed by atoms with Gasteiger partial charge >= 0.3 is 0 Å². The quantitative estimate of drug-likeness (QED) is 0.0978. The third-order valence-corrected chi connectivity index (χ3v) is 11.3. The Bertz CT molecular complexity index is 2670. The molecule has 2 unspecified atom stereocenters. The Balaban J connectivity index is 1.18. The van der Waals surface area contributed by atoms with Gasteiger partial charge in [-0.15, -0.1) is 0 Å². The average Bonchev–Trinajstić information content (AvgIpc) is 3.71. The zero-order chi connectivity index (χ0) is 36.6. The van der Waals surface area contributed by atoms with Crippen molar-refractivity contribution in [2.45, 2.75) is 59.8 Å². The molecule has 0 spiro atoms. The Kier molecular flexibility index (Phi) is 9.26. The zero-order valence-electron chi connectivity index (χ0n) is 31.6.